The van der Waals surface area contributed by atoms with Crippen molar-refractivity contribution in [1.82, 2.24) is 4.90 Å². The van der Waals surface area contributed by atoms with Gasteiger partial charge < -0.3 is 14.5 Å². The number of carbonyl (C=O) groups is 1. The molecule has 0 bridgehead atoms. The van der Waals surface area contributed by atoms with Crippen LogP contribution in [0.2, 0.25) is 0 Å². The first-order valence-electron chi connectivity index (χ1n) is 10.0. The SMILES string of the molecule is COc1cccc(CN(CC2CC(c3ccccc3)=NO2)C(=O)CC(C)(C)C)c1. The van der Waals surface area contributed by atoms with E-state index in [4.69, 9.17) is 9.57 Å². The fourth-order valence-electron chi connectivity index (χ4n) is 3.38. The molecule has 5 nitrogen and oxygen atoms in total. The van der Waals surface area contributed by atoms with Gasteiger partial charge in [-0.3, -0.25) is 4.79 Å². The van der Waals surface area contributed by atoms with Gasteiger partial charge in [-0.25, -0.2) is 0 Å². The summed E-state index contributed by atoms with van der Waals surface area (Å²) in [6.07, 6.45) is 1.04. The molecule has 0 aliphatic carbocycles. The van der Waals surface area contributed by atoms with Crippen molar-refractivity contribution in [1.29, 1.82) is 0 Å². The standard InChI is InChI=1S/C24H30N2O3/c1-24(2,3)15-23(27)26(16-18-9-8-12-20(13-18)28-4)17-21-14-22(25-29-21)19-10-6-5-7-11-19/h5-13,21H,14-17H2,1-4H3. The van der Waals surface area contributed by atoms with Crippen LogP contribution in [0.5, 0.6) is 5.75 Å². The summed E-state index contributed by atoms with van der Waals surface area (Å²) in [6.45, 7) is 7.27. The molecule has 0 spiro atoms. The van der Waals surface area contributed by atoms with Crippen LogP contribution in [0.1, 0.15) is 44.7 Å². The normalized spacial score (nSPS) is 16.1. The smallest absolute Gasteiger partial charge is 0.223 e. The van der Waals surface area contributed by atoms with Crippen molar-refractivity contribution in [3.8, 4) is 5.75 Å². The molecule has 5 heteroatoms. The largest absolute Gasteiger partial charge is 0.497 e. The molecule has 1 unspecified atom stereocenters. The van der Waals surface area contributed by atoms with E-state index < -0.39 is 0 Å². The lowest BCUT2D eigenvalue weighted by atomic mass is 9.91. The molecule has 1 amide bonds. The zero-order valence-corrected chi connectivity index (χ0v) is 17.7. The number of hydrogen-bond acceptors (Lipinski definition) is 4. The summed E-state index contributed by atoms with van der Waals surface area (Å²) in [6, 6.07) is 17.9. The first-order chi connectivity index (χ1) is 13.8. The molecular formula is C24H30N2O3. The predicted molar refractivity (Wildman–Crippen MR) is 115 cm³/mol. The third kappa shape index (κ3) is 6.08. The van der Waals surface area contributed by atoms with Gasteiger partial charge >= 0.3 is 0 Å². The summed E-state index contributed by atoms with van der Waals surface area (Å²) in [4.78, 5) is 20.6. The van der Waals surface area contributed by atoms with Crippen LogP contribution in [0.25, 0.3) is 0 Å². The maximum absolute atomic E-state index is 13.1. The van der Waals surface area contributed by atoms with E-state index in [2.05, 4.69) is 25.9 Å². The summed E-state index contributed by atoms with van der Waals surface area (Å²) in [5, 5.41) is 4.27. The average molecular weight is 395 g/mol. The highest BCUT2D eigenvalue weighted by molar-refractivity contribution is 6.01. The van der Waals surface area contributed by atoms with Gasteiger partial charge in [0, 0.05) is 19.4 Å². The molecule has 0 saturated heterocycles. The highest BCUT2D eigenvalue weighted by Gasteiger charge is 2.28. The lowest BCUT2D eigenvalue weighted by Gasteiger charge is -2.28. The van der Waals surface area contributed by atoms with Crippen molar-refractivity contribution >= 4 is 11.6 Å². The summed E-state index contributed by atoms with van der Waals surface area (Å²) in [7, 11) is 1.65. The van der Waals surface area contributed by atoms with Crippen LogP contribution in [-0.2, 0) is 16.2 Å². The number of nitrogens with zero attached hydrogens (tertiary/aromatic N) is 2. The van der Waals surface area contributed by atoms with Crippen LogP contribution in [-0.4, -0.2) is 36.3 Å². The molecule has 1 atom stereocenters. The Labute approximate surface area is 173 Å². The second kappa shape index (κ2) is 9.12. The van der Waals surface area contributed by atoms with Crippen molar-refractivity contribution in [2.45, 2.75) is 46.3 Å². The summed E-state index contributed by atoms with van der Waals surface area (Å²) >= 11 is 0. The van der Waals surface area contributed by atoms with Crippen LogP contribution >= 0.6 is 0 Å². The zero-order valence-electron chi connectivity index (χ0n) is 17.7. The van der Waals surface area contributed by atoms with Crippen molar-refractivity contribution in [3.63, 3.8) is 0 Å². The lowest BCUT2D eigenvalue weighted by molar-refractivity contribution is -0.135. The van der Waals surface area contributed by atoms with Gasteiger partial charge in [0.1, 0.15) is 5.75 Å². The fourth-order valence-corrected chi connectivity index (χ4v) is 3.38. The van der Waals surface area contributed by atoms with Gasteiger partial charge in [0.15, 0.2) is 6.10 Å². The number of benzene rings is 2. The second-order valence-electron chi connectivity index (χ2n) is 8.70. The highest BCUT2D eigenvalue weighted by Crippen LogP contribution is 2.24. The molecule has 0 N–H and O–H groups in total. The monoisotopic (exact) mass is 394 g/mol. The average Bonchev–Trinajstić information content (AvgIpc) is 3.16. The Kier molecular flexibility index (Phi) is 6.57. The van der Waals surface area contributed by atoms with E-state index in [1.807, 2.05) is 59.5 Å². The van der Waals surface area contributed by atoms with Gasteiger partial charge in [-0.2, -0.15) is 0 Å². The number of carbonyl (C=O) groups excluding carboxylic acids is 1. The van der Waals surface area contributed by atoms with Gasteiger partial charge in [-0.15, -0.1) is 0 Å². The topological polar surface area (TPSA) is 51.1 Å². The minimum atomic E-state index is -0.139. The number of methoxy groups -OCH3 is 1. The molecule has 0 radical (unpaired) electrons. The van der Waals surface area contributed by atoms with Gasteiger partial charge in [0.2, 0.25) is 5.91 Å². The minimum Gasteiger partial charge on any atom is -0.497 e. The maximum atomic E-state index is 13.1. The Morgan fingerprint density at radius 3 is 2.62 bits per heavy atom. The van der Waals surface area contributed by atoms with E-state index >= 15 is 0 Å². The molecule has 0 aromatic heterocycles. The minimum absolute atomic E-state index is 0.0774. The summed E-state index contributed by atoms with van der Waals surface area (Å²) in [5.74, 6) is 0.912. The predicted octanol–water partition coefficient (Wildman–Crippen LogP) is 4.65. The maximum Gasteiger partial charge on any atom is 0.223 e. The van der Waals surface area contributed by atoms with Crippen LogP contribution in [0.15, 0.2) is 59.8 Å². The van der Waals surface area contributed by atoms with E-state index in [0.717, 1.165) is 22.6 Å². The van der Waals surface area contributed by atoms with Gasteiger partial charge in [0.05, 0.1) is 19.4 Å². The molecule has 0 fully saturated rings. The Morgan fingerprint density at radius 2 is 1.93 bits per heavy atom. The van der Waals surface area contributed by atoms with E-state index in [1.54, 1.807) is 7.11 Å². The molecular weight excluding hydrogens is 364 g/mol. The molecule has 1 aliphatic rings. The van der Waals surface area contributed by atoms with E-state index in [-0.39, 0.29) is 17.4 Å². The van der Waals surface area contributed by atoms with Crippen molar-refractivity contribution in [2.24, 2.45) is 10.6 Å². The Morgan fingerprint density at radius 1 is 1.17 bits per heavy atom. The Balaban J connectivity index is 1.70. The number of ether oxygens (including phenoxy) is 1. The Bertz CT molecular complexity index is 856. The van der Waals surface area contributed by atoms with Crippen LogP contribution in [0.4, 0.5) is 0 Å². The lowest BCUT2D eigenvalue weighted by Crippen LogP contribution is -2.38. The van der Waals surface area contributed by atoms with Crippen LogP contribution < -0.4 is 4.74 Å². The molecule has 1 heterocycles. The molecule has 0 saturated carbocycles. The third-order valence-electron chi connectivity index (χ3n) is 4.81. The number of amides is 1. The van der Waals surface area contributed by atoms with Gasteiger partial charge in [0.25, 0.3) is 0 Å². The van der Waals surface area contributed by atoms with Crippen molar-refractivity contribution in [2.75, 3.05) is 13.7 Å². The van der Waals surface area contributed by atoms with Crippen molar-refractivity contribution in [3.05, 3.63) is 65.7 Å². The number of hydrogen-bond donors (Lipinski definition) is 0. The van der Waals surface area contributed by atoms with E-state index in [9.17, 15) is 4.79 Å². The first kappa shape index (κ1) is 20.9. The first-order valence-corrected chi connectivity index (χ1v) is 10.0. The summed E-state index contributed by atoms with van der Waals surface area (Å²) in [5.41, 5.74) is 2.95. The quantitative estimate of drug-likeness (QED) is 0.687. The molecule has 2 aromatic rings. The van der Waals surface area contributed by atoms with Crippen LogP contribution in [0, 0.1) is 5.41 Å². The summed E-state index contributed by atoms with van der Waals surface area (Å²) < 4.78 is 5.33. The van der Waals surface area contributed by atoms with Crippen LogP contribution in [0.3, 0.4) is 0 Å². The van der Waals surface area contributed by atoms with Crippen molar-refractivity contribution < 1.29 is 14.4 Å². The molecule has 29 heavy (non-hydrogen) atoms. The van der Waals surface area contributed by atoms with E-state index in [0.29, 0.717) is 25.9 Å². The fraction of sp³-hybridized carbons (Fsp3) is 0.417. The third-order valence-corrected chi connectivity index (χ3v) is 4.81. The number of rotatable bonds is 7. The molecule has 154 valence electrons. The zero-order chi connectivity index (χ0) is 20.9. The molecule has 2 aromatic carbocycles. The van der Waals surface area contributed by atoms with Gasteiger partial charge in [-0.1, -0.05) is 68.4 Å². The number of oxime groups is 1. The second-order valence-corrected chi connectivity index (χ2v) is 8.70. The van der Waals surface area contributed by atoms with E-state index in [1.165, 1.54) is 0 Å². The highest BCUT2D eigenvalue weighted by atomic mass is 16.6. The molecule has 3 rings (SSSR count). The van der Waals surface area contributed by atoms with Gasteiger partial charge in [-0.05, 0) is 28.7 Å². The Hall–Kier alpha value is -2.82. The molecule has 1 aliphatic heterocycles.